The Morgan fingerprint density at radius 2 is 1.42 bits per heavy atom. The first-order chi connectivity index (χ1) is 8.53. The zero-order chi connectivity index (χ0) is 13.2. The van der Waals surface area contributed by atoms with E-state index in [2.05, 4.69) is 5.92 Å². The molecule has 0 aliphatic carbocycles. The third-order valence-corrected chi connectivity index (χ3v) is 2.89. The maximum Gasteiger partial charge on any atom is 1.00 e. The number of hydrogen-bond donors (Lipinski definition) is 0. The standard InChI is InChI=1S/C16H12FO.Na/c1-3-16(2,18)14-8-4-12(5-9-14)13-6-10-15(17)11-7-13;/h1,4-11H,2H3;/q-1;+1. The monoisotopic (exact) mass is 262 g/mol. The van der Waals surface area contributed by atoms with E-state index in [4.69, 9.17) is 6.42 Å². The maximum absolute atomic E-state index is 12.8. The van der Waals surface area contributed by atoms with Gasteiger partial charge in [-0.15, -0.1) is 12.3 Å². The third-order valence-electron chi connectivity index (χ3n) is 2.89. The number of rotatable bonds is 2. The molecule has 0 spiro atoms. The van der Waals surface area contributed by atoms with E-state index in [9.17, 15) is 9.50 Å². The van der Waals surface area contributed by atoms with Crippen LogP contribution >= 0.6 is 0 Å². The molecule has 0 saturated heterocycles. The summed E-state index contributed by atoms with van der Waals surface area (Å²) in [6, 6.07) is 13.3. The molecule has 0 aliphatic heterocycles. The summed E-state index contributed by atoms with van der Waals surface area (Å²) in [6.07, 6.45) is 5.20. The summed E-state index contributed by atoms with van der Waals surface area (Å²) in [5, 5.41) is 11.9. The van der Waals surface area contributed by atoms with Crippen molar-refractivity contribution in [2.45, 2.75) is 12.5 Å². The molecule has 0 bridgehead atoms. The van der Waals surface area contributed by atoms with Crippen LogP contribution in [0.25, 0.3) is 11.1 Å². The second-order valence-electron chi connectivity index (χ2n) is 4.26. The molecule has 1 unspecified atom stereocenters. The molecule has 0 saturated carbocycles. The van der Waals surface area contributed by atoms with E-state index in [1.807, 2.05) is 12.1 Å². The van der Waals surface area contributed by atoms with Crippen LogP contribution in [0.1, 0.15) is 12.5 Å². The Bertz CT molecular complexity index is 580. The van der Waals surface area contributed by atoms with E-state index in [-0.39, 0.29) is 35.4 Å². The van der Waals surface area contributed by atoms with Gasteiger partial charge in [0.1, 0.15) is 5.82 Å². The van der Waals surface area contributed by atoms with Crippen molar-refractivity contribution in [2.24, 2.45) is 0 Å². The Morgan fingerprint density at radius 1 is 1.00 bits per heavy atom. The molecule has 1 nitrogen and oxygen atoms in total. The summed E-state index contributed by atoms with van der Waals surface area (Å²) in [6.45, 7) is 1.46. The minimum atomic E-state index is -1.51. The molecule has 19 heavy (non-hydrogen) atoms. The quantitative estimate of drug-likeness (QED) is 0.538. The molecule has 3 heteroatoms. The van der Waals surface area contributed by atoms with E-state index in [0.717, 1.165) is 11.1 Å². The van der Waals surface area contributed by atoms with Gasteiger partial charge >= 0.3 is 29.6 Å². The predicted molar refractivity (Wildman–Crippen MR) is 68.0 cm³/mol. The average molecular weight is 262 g/mol. The van der Waals surface area contributed by atoms with Gasteiger partial charge in [0.05, 0.1) is 0 Å². The van der Waals surface area contributed by atoms with Crippen molar-refractivity contribution in [3.05, 3.63) is 59.9 Å². The number of halogens is 1. The average Bonchev–Trinajstić information content (AvgIpc) is 2.40. The van der Waals surface area contributed by atoms with Crippen LogP contribution in [0.3, 0.4) is 0 Å². The largest absolute Gasteiger partial charge is 1.00 e. The molecule has 0 heterocycles. The zero-order valence-corrected chi connectivity index (χ0v) is 13.0. The van der Waals surface area contributed by atoms with Crippen molar-refractivity contribution < 1.29 is 39.1 Å². The first-order valence-electron chi connectivity index (χ1n) is 5.57. The van der Waals surface area contributed by atoms with E-state index in [0.29, 0.717) is 5.56 Å². The first kappa shape index (κ1) is 15.9. The molecule has 90 valence electrons. The van der Waals surface area contributed by atoms with Crippen molar-refractivity contribution in [3.63, 3.8) is 0 Å². The molecule has 2 rings (SSSR count). The van der Waals surface area contributed by atoms with Gasteiger partial charge in [-0.05, 0) is 34.4 Å². The van der Waals surface area contributed by atoms with Crippen LogP contribution in [0.15, 0.2) is 48.5 Å². The summed E-state index contributed by atoms with van der Waals surface area (Å²) in [7, 11) is 0. The fraction of sp³-hybridized carbons (Fsp3) is 0.125. The molecule has 0 aliphatic rings. The van der Waals surface area contributed by atoms with E-state index in [1.54, 1.807) is 24.3 Å². The van der Waals surface area contributed by atoms with Crippen LogP contribution in [0, 0.1) is 18.2 Å². The maximum atomic E-state index is 12.8. The number of hydrogen-bond acceptors (Lipinski definition) is 1. The Morgan fingerprint density at radius 3 is 1.84 bits per heavy atom. The normalized spacial score (nSPS) is 12.9. The van der Waals surface area contributed by atoms with Crippen LogP contribution in [-0.2, 0) is 5.60 Å². The molecule has 0 amide bonds. The Balaban J connectivity index is 0.00000180. The molecule has 0 aromatic heterocycles. The molecule has 2 aromatic rings. The van der Waals surface area contributed by atoms with Crippen LogP contribution < -0.4 is 34.7 Å². The van der Waals surface area contributed by atoms with Crippen molar-refractivity contribution >= 4 is 0 Å². The predicted octanol–water partition coefficient (Wildman–Crippen LogP) is -0.295. The van der Waals surface area contributed by atoms with Gasteiger partial charge in [-0.2, -0.15) is 0 Å². The molecule has 2 aromatic carbocycles. The summed E-state index contributed by atoms with van der Waals surface area (Å²) >= 11 is 0. The van der Waals surface area contributed by atoms with Gasteiger partial charge in [-0.3, -0.25) is 0 Å². The summed E-state index contributed by atoms with van der Waals surface area (Å²) < 4.78 is 12.8. The number of benzene rings is 2. The third kappa shape index (κ3) is 3.68. The Hall–Kier alpha value is -1.11. The van der Waals surface area contributed by atoms with Crippen LogP contribution in [0.4, 0.5) is 4.39 Å². The Labute approximate surface area is 134 Å². The topological polar surface area (TPSA) is 23.1 Å². The molecule has 1 atom stereocenters. The van der Waals surface area contributed by atoms with Crippen molar-refractivity contribution in [1.82, 2.24) is 0 Å². The van der Waals surface area contributed by atoms with Gasteiger partial charge < -0.3 is 5.11 Å². The van der Waals surface area contributed by atoms with Crippen molar-refractivity contribution in [1.29, 1.82) is 0 Å². The van der Waals surface area contributed by atoms with Gasteiger partial charge in [-0.25, -0.2) is 4.39 Å². The zero-order valence-electron chi connectivity index (χ0n) is 11.0. The summed E-state index contributed by atoms with van der Waals surface area (Å²) in [5.74, 6) is 1.95. The first-order valence-corrected chi connectivity index (χ1v) is 5.57. The SMILES string of the molecule is C#CC(C)([O-])c1ccc(-c2ccc(F)cc2)cc1.[Na+]. The molecule has 0 radical (unpaired) electrons. The van der Waals surface area contributed by atoms with Gasteiger partial charge in [0.15, 0.2) is 0 Å². The van der Waals surface area contributed by atoms with E-state index in [1.165, 1.54) is 19.1 Å². The van der Waals surface area contributed by atoms with E-state index >= 15 is 0 Å². The minimum absolute atomic E-state index is 0. The van der Waals surface area contributed by atoms with Crippen LogP contribution in [-0.4, -0.2) is 0 Å². The number of terminal acetylenes is 1. The second kappa shape index (κ2) is 6.36. The van der Waals surface area contributed by atoms with Crippen molar-refractivity contribution in [3.8, 4) is 23.5 Å². The van der Waals surface area contributed by atoms with Crippen molar-refractivity contribution in [2.75, 3.05) is 0 Å². The summed E-state index contributed by atoms with van der Waals surface area (Å²) in [4.78, 5) is 0. The van der Waals surface area contributed by atoms with Gasteiger partial charge in [0, 0.05) is 0 Å². The van der Waals surface area contributed by atoms with Gasteiger partial charge in [0.25, 0.3) is 0 Å². The van der Waals surface area contributed by atoms with Gasteiger partial charge in [0.2, 0.25) is 0 Å². The molecule has 0 N–H and O–H groups in total. The van der Waals surface area contributed by atoms with Gasteiger partial charge in [-0.1, -0.05) is 43.3 Å². The second-order valence-corrected chi connectivity index (χ2v) is 4.26. The summed E-state index contributed by atoms with van der Waals surface area (Å²) in [5.41, 5.74) is 0.861. The smallest absolute Gasteiger partial charge is 0.837 e. The van der Waals surface area contributed by atoms with Crippen LogP contribution in [0.2, 0.25) is 0 Å². The Kier molecular flexibility index (Phi) is 5.34. The molecular weight excluding hydrogens is 250 g/mol. The molecule has 0 fully saturated rings. The minimum Gasteiger partial charge on any atom is -0.837 e. The fourth-order valence-corrected chi connectivity index (χ4v) is 1.71. The fourth-order valence-electron chi connectivity index (χ4n) is 1.71. The van der Waals surface area contributed by atoms with E-state index < -0.39 is 5.60 Å². The molecular formula is C16H12FNaO. The van der Waals surface area contributed by atoms with Crippen LogP contribution in [0.5, 0.6) is 0 Å².